The van der Waals surface area contributed by atoms with Crippen molar-refractivity contribution in [3.05, 3.63) is 12.7 Å². The van der Waals surface area contributed by atoms with Gasteiger partial charge >= 0.3 is 0 Å². The first-order valence-electron chi connectivity index (χ1n) is 7.60. The van der Waals surface area contributed by atoms with Crippen LogP contribution in [0.15, 0.2) is 12.7 Å². The Bertz CT molecular complexity index is 165. The van der Waals surface area contributed by atoms with Crippen molar-refractivity contribution in [3.8, 4) is 0 Å². The van der Waals surface area contributed by atoms with Gasteiger partial charge in [-0.15, -0.1) is 6.58 Å². The first-order valence-corrected chi connectivity index (χ1v) is 7.60. The molecule has 0 saturated heterocycles. The lowest BCUT2D eigenvalue weighted by atomic mass is 9.91. The fourth-order valence-electron chi connectivity index (χ4n) is 2.41. The quantitative estimate of drug-likeness (QED) is 0.376. The average molecular weight is 239 g/mol. The maximum absolute atomic E-state index is 3.77. The van der Waals surface area contributed by atoms with Gasteiger partial charge < -0.3 is 5.32 Å². The van der Waals surface area contributed by atoms with E-state index < -0.39 is 0 Å². The minimum atomic E-state index is 0.732. The zero-order valence-electron chi connectivity index (χ0n) is 12.3. The zero-order chi connectivity index (χ0) is 12.9. The maximum Gasteiger partial charge on any atom is 0.00925 e. The van der Waals surface area contributed by atoms with Crippen molar-refractivity contribution in [2.24, 2.45) is 5.92 Å². The number of allylic oxidation sites excluding steroid dienone is 1. The minimum absolute atomic E-state index is 0.732. The van der Waals surface area contributed by atoms with Crippen LogP contribution in [0.4, 0.5) is 0 Å². The lowest BCUT2D eigenvalue weighted by Gasteiger charge is -2.25. The van der Waals surface area contributed by atoms with E-state index in [0.29, 0.717) is 0 Å². The van der Waals surface area contributed by atoms with Gasteiger partial charge in [-0.3, -0.25) is 0 Å². The van der Waals surface area contributed by atoms with Crippen LogP contribution in [0, 0.1) is 5.92 Å². The molecule has 102 valence electrons. The Hall–Kier alpha value is -0.300. The molecule has 0 radical (unpaired) electrons. The highest BCUT2D eigenvalue weighted by Gasteiger charge is 2.14. The molecule has 0 rings (SSSR count). The molecule has 2 unspecified atom stereocenters. The van der Waals surface area contributed by atoms with Crippen molar-refractivity contribution in [1.82, 2.24) is 5.32 Å². The molecule has 0 saturated carbocycles. The van der Waals surface area contributed by atoms with E-state index >= 15 is 0 Å². The van der Waals surface area contributed by atoms with Gasteiger partial charge in [-0.2, -0.15) is 0 Å². The molecule has 0 aromatic heterocycles. The molecule has 0 fully saturated rings. The number of unbranched alkanes of at least 4 members (excludes halogenated alkanes) is 4. The van der Waals surface area contributed by atoms with Gasteiger partial charge in [0.2, 0.25) is 0 Å². The first kappa shape index (κ1) is 16.7. The summed E-state index contributed by atoms with van der Waals surface area (Å²) >= 11 is 0. The standard InChI is InChI=1S/C16H33N/c1-5-8-10-11-12-14-16(17-7-3)15(4)13-9-6-2/h5,15-17H,1,6-14H2,2-4H3. The maximum atomic E-state index is 3.77. The number of hydrogen-bond donors (Lipinski definition) is 1. The summed E-state index contributed by atoms with van der Waals surface area (Å²) in [4.78, 5) is 0. The van der Waals surface area contributed by atoms with E-state index in [9.17, 15) is 0 Å². The van der Waals surface area contributed by atoms with Gasteiger partial charge in [0.15, 0.2) is 0 Å². The number of hydrogen-bond acceptors (Lipinski definition) is 1. The van der Waals surface area contributed by atoms with E-state index in [4.69, 9.17) is 0 Å². The van der Waals surface area contributed by atoms with E-state index in [1.54, 1.807) is 0 Å². The van der Waals surface area contributed by atoms with Crippen LogP contribution in [0.25, 0.3) is 0 Å². The second-order valence-corrected chi connectivity index (χ2v) is 5.21. The normalized spacial score (nSPS) is 14.5. The van der Waals surface area contributed by atoms with E-state index in [1.807, 2.05) is 6.08 Å². The van der Waals surface area contributed by atoms with Crippen molar-refractivity contribution < 1.29 is 0 Å². The van der Waals surface area contributed by atoms with Gasteiger partial charge in [0, 0.05) is 6.04 Å². The van der Waals surface area contributed by atoms with Crippen LogP contribution in [-0.4, -0.2) is 12.6 Å². The van der Waals surface area contributed by atoms with Crippen LogP contribution in [0.2, 0.25) is 0 Å². The SMILES string of the molecule is C=CCCCCCC(NCC)C(C)CCCC. The molecule has 0 heterocycles. The largest absolute Gasteiger partial charge is 0.314 e. The highest BCUT2D eigenvalue weighted by atomic mass is 14.9. The van der Waals surface area contributed by atoms with Crippen molar-refractivity contribution in [1.29, 1.82) is 0 Å². The molecule has 17 heavy (non-hydrogen) atoms. The third-order valence-electron chi connectivity index (χ3n) is 3.59. The molecule has 1 heteroatoms. The van der Waals surface area contributed by atoms with E-state index in [0.717, 1.165) is 18.5 Å². The predicted molar refractivity (Wildman–Crippen MR) is 79.4 cm³/mol. The Labute approximate surface area is 109 Å². The van der Waals surface area contributed by atoms with E-state index in [-0.39, 0.29) is 0 Å². The molecule has 0 spiro atoms. The van der Waals surface area contributed by atoms with Crippen LogP contribution in [-0.2, 0) is 0 Å². The Morgan fingerprint density at radius 1 is 1.06 bits per heavy atom. The summed E-state index contributed by atoms with van der Waals surface area (Å²) in [6, 6.07) is 0.732. The molecule has 0 aliphatic heterocycles. The molecule has 0 bridgehead atoms. The molecule has 1 N–H and O–H groups in total. The van der Waals surface area contributed by atoms with E-state index in [1.165, 1.54) is 51.4 Å². The molecule has 1 nitrogen and oxygen atoms in total. The predicted octanol–water partition coefficient (Wildman–Crippen LogP) is 4.93. The summed E-state index contributed by atoms with van der Waals surface area (Å²) in [6.07, 6.45) is 12.7. The van der Waals surface area contributed by atoms with Crippen molar-refractivity contribution in [2.45, 2.75) is 78.2 Å². The molecule has 0 aromatic rings. The molecule has 0 amide bonds. The summed E-state index contributed by atoms with van der Waals surface area (Å²) in [5.41, 5.74) is 0. The van der Waals surface area contributed by atoms with Gasteiger partial charge in [0.05, 0.1) is 0 Å². The fourth-order valence-corrected chi connectivity index (χ4v) is 2.41. The summed E-state index contributed by atoms with van der Waals surface area (Å²) in [5, 5.41) is 3.66. The van der Waals surface area contributed by atoms with Gasteiger partial charge in [-0.25, -0.2) is 0 Å². The molecule has 0 aliphatic rings. The minimum Gasteiger partial charge on any atom is -0.314 e. The van der Waals surface area contributed by atoms with Gasteiger partial charge in [0.25, 0.3) is 0 Å². The average Bonchev–Trinajstić information content (AvgIpc) is 2.34. The summed E-state index contributed by atoms with van der Waals surface area (Å²) < 4.78 is 0. The monoisotopic (exact) mass is 239 g/mol. The second-order valence-electron chi connectivity index (χ2n) is 5.21. The third kappa shape index (κ3) is 9.41. The Morgan fingerprint density at radius 3 is 2.41 bits per heavy atom. The van der Waals surface area contributed by atoms with Crippen molar-refractivity contribution in [3.63, 3.8) is 0 Å². The zero-order valence-corrected chi connectivity index (χ0v) is 12.3. The summed E-state index contributed by atoms with van der Waals surface area (Å²) in [5.74, 6) is 0.828. The highest BCUT2D eigenvalue weighted by Crippen LogP contribution is 2.17. The second kappa shape index (κ2) is 12.2. The Kier molecular flexibility index (Phi) is 12.0. The molecule has 0 aromatic carbocycles. The smallest absolute Gasteiger partial charge is 0.00925 e. The van der Waals surface area contributed by atoms with Gasteiger partial charge in [0.1, 0.15) is 0 Å². The first-order chi connectivity index (χ1) is 8.26. The van der Waals surface area contributed by atoms with Crippen molar-refractivity contribution >= 4 is 0 Å². The highest BCUT2D eigenvalue weighted by molar-refractivity contribution is 4.73. The number of rotatable bonds is 12. The Morgan fingerprint density at radius 2 is 1.82 bits per heavy atom. The van der Waals surface area contributed by atoms with Crippen LogP contribution in [0.5, 0.6) is 0 Å². The molecular formula is C16H33N. The fraction of sp³-hybridized carbons (Fsp3) is 0.875. The van der Waals surface area contributed by atoms with Crippen LogP contribution >= 0.6 is 0 Å². The van der Waals surface area contributed by atoms with Crippen LogP contribution < -0.4 is 5.32 Å². The molecular weight excluding hydrogens is 206 g/mol. The van der Waals surface area contributed by atoms with E-state index in [2.05, 4.69) is 32.7 Å². The Balaban J connectivity index is 3.75. The van der Waals surface area contributed by atoms with Gasteiger partial charge in [-0.1, -0.05) is 52.5 Å². The lowest BCUT2D eigenvalue weighted by molar-refractivity contribution is 0.328. The molecule has 2 atom stereocenters. The lowest BCUT2D eigenvalue weighted by Crippen LogP contribution is -2.34. The summed E-state index contributed by atoms with van der Waals surface area (Å²) in [6.45, 7) is 11.8. The van der Waals surface area contributed by atoms with Crippen LogP contribution in [0.3, 0.4) is 0 Å². The van der Waals surface area contributed by atoms with Crippen LogP contribution in [0.1, 0.15) is 72.1 Å². The van der Waals surface area contributed by atoms with Crippen molar-refractivity contribution in [2.75, 3.05) is 6.54 Å². The third-order valence-corrected chi connectivity index (χ3v) is 3.59. The van der Waals surface area contributed by atoms with Gasteiger partial charge in [-0.05, 0) is 38.1 Å². The summed E-state index contributed by atoms with van der Waals surface area (Å²) in [7, 11) is 0. The number of nitrogens with one attached hydrogen (secondary N) is 1. The topological polar surface area (TPSA) is 12.0 Å². The molecule has 0 aliphatic carbocycles.